The van der Waals surface area contributed by atoms with Crippen molar-refractivity contribution in [1.82, 2.24) is 5.32 Å². The number of esters is 1. The maximum absolute atomic E-state index is 11.8. The summed E-state index contributed by atoms with van der Waals surface area (Å²) in [5, 5.41) is 13.2. The second-order valence-electron chi connectivity index (χ2n) is 5.90. The molecule has 0 spiro atoms. The summed E-state index contributed by atoms with van der Waals surface area (Å²) in [5.41, 5.74) is -0.445. The van der Waals surface area contributed by atoms with Crippen LogP contribution in [0.5, 0.6) is 0 Å². The van der Waals surface area contributed by atoms with Crippen molar-refractivity contribution in [3.05, 3.63) is 57.8 Å². The molecule has 25 heavy (non-hydrogen) atoms. The molecule has 1 aromatic carbocycles. The number of carbonyl (C=O) groups is 2. The summed E-state index contributed by atoms with van der Waals surface area (Å²) in [4.78, 5) is 34.0. The van der Waals surface area contributed by atoms with Crippen LogP contribution >= 0.6 is 0 Å². The molecule has 0 aromatic heterocycles. The van der Waals surface area contributed by atoms with Gasteiger partial charge in [0.2, 0.25) is 5.54 Å². The highest BCUT2D eigenvalue weighted by atomic mass is 16.6. The second-order valence-corrected chi connectivity index (χ2v) is 5.90. The van der Waals surface area contributed by atoms with Crippen molar-refractivity contribution >= 4 is 12.1 Å². The van der Waals surface area contributed by atoms with Crippen LogP contribution < -0.4 is 5.32 Å². The molecular formula is C17H22N2O6. The van der Waals surface area contributed by atoms with Gasteiger partial charge in [0.15, 0.2) is 0 Å². The number of amides is 1. The number of nitrogens with zero attached hydrogens (tertiary/aromatic N) is 1. The molecule has 8 nitrogen and oxygen atoms in total. The Labute approximate surface area is 146 Å². The Balaban J connectivity index is 2.63. The number of methoxy groups -OCH3 is 1. The quantitative estimate of drug-likeness (QED) is 0.334. The third-order valence-corrected chi connectivity index (χ3v) is 3.45. The van der Waals surface area contributed by atoms with Crippen molar-refractivity contribution in [3.63, 3.8) is 0 Å². The van der Waals surface area contributed by atoms with Crippen LogP contribution in [0.25, 0.3) is 0 Å². The van der Waals surface area contributed by atoms with E-state index in [2.05, 4.69) is 10.1 Å². The lowest BCUT2D eigenvalue weighted by Gasteiger charge is -2.14. The second kappa shape index (κ2) is 9.41. The number of allylic oxidation sites excluding steroid dienone is 1. The number of carbonyl (C=O) groups excluding carboxylic acids is 2. The third-order valence-electron chi connectivity index (χ3n) is 3.45. The molecule has 0 atom stereocenters. The number of nitro groups is 1. The van der Waals surface area contributed by atoms with Crippen LogP contribution in [0.15, 0.2) is 42.1 Å². The van der Waals surface area contributed by atoms with Gasteiger partial charge in [-0.3, -0.25) is 15.4 Å². The van der Waals surface area contributed by atoms with E-state index in [1.54, 1.807) is 12.1 Å². The Bertz CT molecular complexity index is 640. The fraction of sp³-hybridized carbons (Fsp3) is 0.412. The molecule has 136 valence electrons. The van der Waals surface area contributed by atoms with E-state index < -0.39 is 17.6 Å². The van der Waals surface area contributed by atoms with Crippen LogP contribution in [0.2, 0.25) is 0 Å². The van der Waals surface area contributed by atoms with Gasteiger partial charge in [0.25, 0.3) is 0 Å². The van der Waals surface area contributed by atoms with Crippen molar-refractivity contribution in [1.29, 1.82) is 0 Å². The number of benzene rings is 1. The molecule has 0 saturated heterocycles. The van der Waals surface area contributed by atoms with Gasteiger partial charge in [0.1, 0.15) is 12.3 Å². The predicted octanol–water partition coefficient (Wildman–Crippen LogP) is 2.81. The van der Waals surface area contributed by atoms with Crippen molar-refractivity contribution in [3.8, 4) is 0 Å². The number of hydrogen-bond donors (Lipinski definition) is 1. The molecule has 0 aliphatic carbocycles. The first-order valence-electron chi connectivity index (χ1n) is 7.67. The van der Waals surface area contributed by atoms with Crippen molar-refractivity contribution in [2.75, 3.05) is 7.11 Å². The van der Waals surface area contributed by atoms with Gasteiger partial charge in [-0.2, -0.15) is 0 Å². The highest BCUT2D eigenvalue weighted by Crippen LogP contribution is 2.16. The summed E-state index contributed by atoms with van der Waals surface area (Å²) in [6.45, 7) is 3.02. The zero-order valence-corrected chi connectivity index (χ0v) is 14.5. The standard InChI is InChI=1S/C17H22N2O6/c1-17(2,19(22)23)11-7-10-14(15(20)24-3)18-16(21)25-12-13-8-5-4-6-9-13/h4-6,8-10H,7,11-12H2,1-3H3,(H,18,21)/b14-10-. The van der Waals surface area contributed by atoms with E-state index in [-0.39, 0.29) is 30.1 Å². The number of nitrogens with one attached hydrogen (secondary N) is 1. The number of alkyl carbamates (subject to hydrolysis) is 1. The summed E-state index contributed by atoms with van der Waals surface area (Å²) < 4.78 is 9.63. The summed E-state index contributed by atoms with van der Waals surface area (Å²) in [6.07, 6.45) is 0.994. The summed E-state index contributed by atoms with van der Waals surface area (Å²) in [6, 6.07) is 9.06. The number of hydrogen-bond acceptors (Lipinski definition) is 6. The molecule has 0 saturated carbocycles. The number of rotatable bonds is 8. The van der Waals surface area contributed by atoms with Gasteiger partial charge in [-0.25, -0.2) is 9.59 Å². The molecule has 1 rings (SSSR count). The molecule has 0 heterocycles. The van der Waals surface area contributed by atoms with E-state index in [1.165, 1.54) is 27.0 Å². The molecule has 0 aliphatic rings. The average Bonchev–Trinajstić information content (AvgIpc) is 2.59. The van der Waals surface area contributed by atoms with Crippen LogP contribution in [0.3, 0.4) is 0 Å². The van der Waals surface area contributed by atoms with Gasteiger partial charge in [0.05, 0.1) is 7.11 Å². The molecule has 0 fully saturated rings. The molecule has 0 aliphatic heterocycles. The summed E-state index contributed by atoms with van der Waals surface area (Å²) >= 11 is 0. The van der Waals surface area contributed by atoms with E-state index in [9.17, 15) is 19.7 Å². The minimum Gasteiger partial charge on any atom is -0.464 e. The maximum atomic E-state index is 11.8. The largest absolute Gasteiger partial charge is 0.464 e. The Kier molecular flexibility index (Phi) is 7.58. The first-order chi connectivity index (χ1) is 11.8. The molecule has 1 amide bonds. The minimum absolute atomic E-state index is 0.0511. The number of ether oxygens (including phenoxy) is 2. The van der Waals surface area contributed by atoms with Crippen molar-refractivity contribution in [2.24, 2.45) is 0 Å². The van der Waals surface area contributed by atoms with Gasteiger partial charge in [-0.1, -0.05) is 36.4 Å². The molecule has 1 N–H and O–H groups in total. The fourth-order valence-electron chi connectivity index (χ4n) is 1.83. The van der Waals surface area contributed by atoms with Crippen LogP contribution in [-0.2, 0) is 20.9 Å². The Morgan fingerprint density at radius 1 is 1.28 bits per heavy atom. The topological polar surface area (TPSA) is 108 Å². The third kappa shape index (κ3) is 7.03. The monoisotopic (exact) mass is 350 g/mol. The van der Waals surface area contributed by atoms with Crippen molar-refractivity contribution in [2.45, 2.75) is 38.8 Å². The zero-order valence-electron chi connectivity index (χ0n) is 14.5. The maximum Gasteiger partial charge on any atom is 0.412 e. The van der Waals surface area contributed by atoms with Gasteiger partial charge < -0.3 is 9.47 Å². The first kappa shape index (κ1) is 20.1. The lowest BCUT2D eigenvalue weighted by Crippen LogP contribution is -2.31. The van der Waals surface area contributed by atoms with Crippen molar-refractivity contribution < 1.29 is 24.0 Å². The van der Waals surface area contributed by atoms with Crippen LogP contribution in [0, 0.1) is 10.1 Å². The van der Waals surface area contributed by atoms with Gasteiger partial charge in [-0.15, -0.1) is 0 Å². The fourth-order valence-corrected chi connectivity index (χ4v) is 1.83. The SMILES string of the molecule is COC(=O)/C(=C/CCC(C)(C)[N+](=O)[O-])NC(=O)OCc1ccccc1. The Hall–Kier alpha value is -2.90. The lowest BCUT2D eigenvalue weighted by molar-refractivity contribution is -0.561. The van der Waals surface area contributed by atoms with E-state index in [0.29, 0.717) is 0 Å². The van der Waals surface area contributed by atoms with Gasteiger partial charge in [-0.05, 0) is 12.0 Å². The highest BCUT2D eigenvalue weighted by molar-refractivity contribution is 5.92. The van der Waals surface area contributed by atoms with Gasteiger partial charge >= 0.3 is 12.1 Å². The van der Waals surface area contributed by atoms with Crippen LogP contribution in [0.1, 0.15) is 32.3 Å². The van der Waals surface area contributed by atoms with Gasteiger partial charge in [0, 0.05) is 25.2 Å². The van der Waals surface area contributed by atoms with E-state index in [1.807, 2.05) is 18.2 Å². The minimum atomic E-state index is -1.13. The van der Waals surface area contributed by atoms with E-state index in [0.717, 1.165) is 5.56 Å². The van der Waals surface area contributed by atoms with E-state index >= 15 is 0 Å². The predicted molar refractivity (Wildman–Crippen MR) is 90.2 cm³/mol. The van der Waals surface area contributed by atoms with Crippen LogP contribution in [0.4, 0.5) is 4.79 Å². The zero-order chi connectivity index (χ0) is 18.9. The first-order valence-corrected chi connectivity index (χ1v) is 7.67. The molecule has 0 unspecified atom stereocenters. The smallest absolute Gasteiger partial charge is 0.412 e. The van der Waals surface area contributed by atoms with Crippen LogP contribution in [-0.4, -0.2) is 29.6 Å². The van der Waals surface area contributed by atoms with E-state index in [4.69, 9.17) is 4.74 Å². The summed E-state index contributed by atoms with van der Waals surface area (Å²) in [5.74, 6) is -0.754. The molecule has 1 aromatic rings. The molecule has 0 radical (unpaired) electrons. The molecular weight excluding hydrogens is 328 g/mol. The highest BCUT2D eigenvalue weighted by Gasteiger charge is 2.29. The molecule has 8 heteroatoms. The normalized spacial score (nSPS) is 11.6. The lowest BCUT2D eigenvalue weighted by atomic mass is 9.99. The Morgan fingerprint density at radius 3 is 2.48 bits per heavy atom. The average molecular weight is 350 g/mol. The summed E-state index contributed by atoms with van der Waals surface area (Å²) in [7, 11) is 1.17. The molecule has 0 bridgehead atoms. The Morgan fingerprint density at radius 2 is 1.92 bits per heavy atom.